The fourth-order valence-electron chi connectivity index (χ4n) is 4.59. The zero-order valence-electron chi connectivity index (χ0n) is 21.6. The number of anilines is 1. The van der Waals surface area contributed by atoms with Crippen LogP contribution < -0.4 is 14.4 Å². The van der Waals surface area contributed by atoms with Crippen LogP contribution in [0.15, 0.2) is 77.7 Å². The number of sulfonamides is 1. The van der Waals surface area contributed by atoms with Crippen molar-refractivity contribution in [2.75, 3.05) is 38.2 Å². The van der Waals surface area contributed by atoms with Gasteiger partial charge in [0, 0.05) is 31.9 Å². The molecule has 0 spiro atoms. The molecule has 0 unspecified atom stereocenters. The lowest BCUT2D eigenvalue weighted by molar-refractivity contribution is -0.137. The molecule has 3 aromatic rings. The normalized spacial score (nSPS) is 15.2. The van der Waals surface area contributed by atoms with Gasteiger partial charge in [0.1, 0.15) is 11.8 Å². The maximum atomic E-state index is 13.6. The van der Waals surface area contributed by atoms with E-state index < -0.39 is 33.7 Å². The van der Waals surface area contributed by atoms with E-state index in [0.717, 1.165) is 17.7 Å². The fraction of sp³-hybridized carbons (Fsp3) is 0.321. The first-order valence-corrected chi connectivity index (χ1v) is 13.9. The SMILES string of the molecule is COc1ccc(S(=O)(=O)N[C@H](Cc2ccccc2)C(=O)N2CCN(c3cccc(C(F)(F)F)c3)CC2)cc1C. The van der Waals surface area contributed by atoms with Crippen LogP contribution in [0.25, 0.3) is 0 Å². The molecule has 0 bridgehead atoms. The molecular weight excluding hydrogens is 531 g/mol. The van der Waals surface area contributed by atoms with Gasteiger partial charge in [0.05, 0.1) is 17.6 Å². The summed E-state index contributed by atoms with van der Waals surface area (Å²) in [7, 11) is -2.56. The number of aryl methyl sites for hydroxylation is 1. The van der Waals surface area contributed by atoms with Crippen molar-refractivity contribution in [2.45, 2.75) is 30.5 Å². The topological polar surface area (TPSA) is 78.9 Å². The van der Waals surface area contributed by atoms with Gasteiger partial charge < -0.3 is 14.5 Å². The minimum absolute atomic E-state index is 0.0148. The molecule has 39 heavy (non-hydrogen) atoms. The Morgan fingerprint density at radius 3 is 2.28 bits per heavy atom. The third-order valence-corrected chi connectivity index (χ3v) is 8.15. The van der Waals surface area contributed by atoms with Crippen molar-refractivity contribution in [3.8, 4) is 5.75 Å². The Hall–Kier alpha value is -3.57. The molecule has 0 saturated carbocycles. The zero-order valence-corrected chi connectivity index (χ0v) is 22.4. The predicted octanol–water partition coefficient (Wildman–Crippen LogP) is 4.26. The highest BCUT2D eigenvalue weighted by atomic mass is 32.2. The largest absolute Gasteiger partial charge is 0.496 e. The quantitative estimate of drug-likeness (QED) is 0.445. The van der Waals surface area contributed by atoms with Crippen LogP contribution in [0.1, 0.15) is 16.7 Å². The maximum absolute atomic E-state index is 13.6. The summed E-state index contributed by atoms with van der Waals surface area (Å²) in [5.41, 5.74) is 1.11. The number of hydrogen-bond acceptors (Lipinski definition) is 5. The van der Waals surface area contributed by atoms with Crippen LogP contribution in [-0.4, -0.2) is 58.6 Å². The lowest BCUT2D eigenvalue weighted by Gasteiger charge is -2.38. The minimum Gasteiger partial charge on any atom is -0.496 e. The Morgan fingerprint density at radius 2 is 1.67 bits per heavy atom. The Balaban J connectivity index is 1.51. The molecule has 0 aliphatic carbocycles. The molecule has 7 nitrogen and oxygen atoms in total. The van der Waals surface area contributed by atoms with Crippen LogP contribution in [0.2, 0.25) is 0 Å². The molecule has 1 atom stereocenters. The summed E-state index contributed by atoms with van der Waals surface area (Å²) < 4.78 is 73.9. The summed E-state index contributed by atoms with van der Waals surface area (Å²) in [4.78, 5) is 17.0. The van der Waals surface area contributed by atoms with E-state index in [4.69, 9.17) is 4.74 Å². The third-order valence-electron chi connectivity index (χ3n) is 6.68. The van der Waals surface area contributed by atoms with Crippen molar-refractivity contribution in [2.24, 2.45) is 0 Å². The number of benzene rings is 3. The van der Waals surface area contributed by atoms with Crippen LogP contribution in [0.5, 0.6) is 5.75 Å². The molecule has 1 saturated heterocycles. The van der Waals surface area contributed by atoms with Gasteiger partial charge in [0.25, 0.3) is 0 Å². The number of alkyl halides is 3. The summed E-state index contributed by atoms with van der Waals surface area (Å²) in [6.45, 7) is 2.84. The van der Waals surface area contributed by atoms with E-state index in [0.29, 0.717) is 30.1 Å². The summed E-state index contributed by atoms with van der Waals surface area (Å²) in [6, 6.07) is 17.6. The Morgan fingerprint density at radius 1 is 0.974 bits per heavy atom. The lowest BCUT2D eigenvalue weighted by atomic mass is 10.1. The van der Waals surface area contributed by atoms with Gasteiger partial charge in [0.15, 0.2) is 0 Å². The van der Waals surface area contributed by atoms with E-state index >= 15 is 0 Å². The molecule has 0 radical (unpaired) electrons. The van der Waals surface area contributed by atoms with Gasteiger partial charge in [-0.15, -0.1) is 0 Å². The second-order valence-corrected chi connectivity index (χ2v) is 11.1. The average Bonchev–Trinajstić information content (AvgIpc) is 2.92. The van der Waals surface area contributed by atoms with Crippen LogP contribution in [0.4, 0.5) is 18.9 Å². The number of methoxy groups -OCH3 is 1. The molecular formula is C28H30F3N3O4S. The van der Waals surface area contributed by atoms with Crippen molar-refractivity contribution < 1.29 is 31.1 Å². The van der Waals surface area contributed by atoms with E-state index in [1.165, 1.54) is 25.3 Å². The molecule has 4 rings (SSSR count). The highest BCUT2D eigenvalue weighted by molar-refractivity contribution is 7.89. The number of piperazine rings is 1. The number of rotatable bonds is 8. The van der Waals surface area contributed by atoms with Crippen LogP contribution >= 0.6 is 0 Å². The molecule has 1 fully saturated rings. The first kappa shape index (κ1) is 28.4. The van der Waals surface area contributed by atoms with Crippen LogP contribution in [-0.2, 0) is 27.4 Å². The molecule has 208 valence electrons. The van der Waals surface area contributed by atoms with Gasteiger partial charge in [-0.1, -0.05) is 36.4 Å². The molecule has 1 aliphatic rings. The van der Waals surface area contributed by atoms with Crippen molar-refractivity contribution in [1.82, 2.24) is 9.62 Å². The maximum Gasteiger partial charge on any atom is 0.416 e. The van der Waals surface area contributed by atoms with Crippen LogP contribution in [0.3, 0.4) is 0 Å². The molecule has 11 heteroatoms. The Bertz CT molecular complexity index is 1410. The number of carbonyl (C=O) groups excluding carboxylic acids is 1. The van der Waals surface area contributed by atoms with Gasteiger partial charge in [-0.25, -0.2) is 8.42 Å². The predicted molar refractivity (Wildman–Crippen MR) is 142 cm³/mol. The van der Waals surface area contributed by atoms with Gasteiger partial charge in [-0.2, -0.15) is 17.9 Å². The number of hydrogen-bond donors (Lipinski definition) is 1. The first-order valence-electron chi connectivity index (χ1n) is 12.4. The number of halogens is 3. The molecule has 3 aromatic carbocycles. The summed E-state index contributed by atoms with van der Waals surface area (Å²) >= 11 is 0. The molecule has 1 aliphatic heterocycles. The fourth-order valence-corrected chi connectivity index (χ4v) is 5.86. The monoisotopic (exact) mass is 561 g/mol. The van der Waals surface area contributed by atoms with E-state index in [2.05, 4.69) is 4.72 Å². The highest BCUT2D eigenvalue weighted by Crippen LogP contribution is 2.32. The summed E-state index contributed by atoms with van der Waals surface area (Å²) in [5, 5.41) is 0. The van der Waals surface area contributed by atoms with Crippen LogP contribution in [0, 0.1) is 6.92 Å². The van der Waals surface area contributed by atoms with Crippen molar-refractivity contribution in [1.29, 1.82) is 0 Å². The lowest BCUT2D eigenvalue weighted by Crippen LogP contribution is -2.55. The van der Waals surface area contributed by atoms with Gasteiger partial charge in [-0.05, 0) is 60.9 Å². The summed E-state index contributed by atoms with van der Waals surface area (Å²) in [5.74, 6) is 0.154. The van der Waals surface area contributed by atoms with E-state index in [-0.39, 0.29) is 24.4 Å². The number of carbonyl (C=O) groups is 1. The number of nitrogens with one attached hydrogen (secondary N) is 1. The van der Waals surface area contributed by atoms with Gasteiger partial charge in [-0.3, -0.25) is 4.79 Å². The Labute approximate surface area is 226 Å². The van der Waals surface area contributed by atoms with Gasteiger partial charge in [0.2, 0.25) is 15.9 Å². The smallest absolute Gasteiger partial charge is 0.416 e. The average molecular weight is 562 g/mol. The molecule has 1 amide bonds. The van der Waals surface area contributed by atoms with E-state index in [1.807, 2.05) is 30.3 Å². The summed E-state index contributed by atoms with van der Waals surface area (Å²) in [6.07, 6.45) is -4.31. The second-order valence-electron chi connectivity index (χ2n) is 9.36. The van der Waals surface area contributed by atoms with E-state index in [1.54, 1.807) is 28.9 Å². The third kappa shape index (κ3) is 6.90. The van der Waals surface area contributed by atoms with Crippen molar-refractivity contribution in [3.05, 3.63) is 89.5 Å². The minimum atomic E-state index is -4.45. The Kier molecular flexibility index (Phi) is 8.51. The number of nitrogens with zero attached hydrogens (tertiary/aromatic N) is 2. The number of amides is 1. The highest BCUT2D eigenvalue weighted by Gasteiger charge is 2.33. The van der Waals surface area contributed by atoms with E-state index in [9.17, 15) is 26.4 Å². The molecule has 1 heterocycles. The second kappa shape index (κ2) is 11.7. The molecule has 0 aromatic heterocycles. The number of ether oxygens (including phenoxy) is 1. The first-order chi connectivity index (χ1) is 18.5. The van der Waals surface area contributed by atoms with Crippen molar-refractivity contribution in [3.63, 3.8) is 0 Å². The van der Waals surface area contributed by atoms with Crippen molar-refractivity contribution >= 4 is 21.6 Å². The standard InChI is InChI=1S/C28H30F3N3O4S/c1-20-17-24(11-12-26(20)38-2)39(36,37)32-25(18-21-7-4-3-5-8-21)27(35)34-15-13-33(14-16-34)23-10-6-9-22(19-23)28(29,30)31/h3-12,17,19,25,32H,13-16,18H2,1-2H3/t25-/m1/s1. The van der Waals surface area contributed by atoms with Gasteiger partial charge >= 0.3 is 6.18 Å². The molecule has 1 N–H and O–H groups in total. The zero-order chi connectivity index (χ0) is 28.2.